The number of benzene rings is 1. The molecule has 0 amide bonds. The Labute approximate surface area is 123 Å². The number of methoxy groups -OCH3 is 1. The number of aromatic nitrogens is 1. The van der Waals surface area contributed by atoms with E-state index in [1.807, 2.05) is 19.1 Å². The van der Waals surface area contributed by atoms with E-state index in [0.717, 1.165) is 40.3 Å². The second-order valence-corrected chi connectivity index (χ2v) is 6.50. The van der Waals surface area contributed by atoms with Crippen LogP contribution in [0.25, 0.3) is 11.3 Å². The molecule has 2 aromatic rings. The van der Waals surface area contributed by atoms with Crippen molar-refractivity contribution in [3.63, 3.8) is 0 Å². The monoisotopic (exact) mass is 291 g/mol. The van der Waals surface area contributed by atoms with Crippen molar-refractivity contribution in [3.05, 3.63) is 38.3 Å². The van der Waals surface area contributed by atoms with Gasteiger partial charge in [-0.3, -0.25) is 4.79 Å². The molecule has 1 heterocycles. The fourth-order valence-electron chi connectivity index (χ4n) is 2.22. The second kappa shape index (κ2) is 6.27. The zero-order chi connectivity index (χ0) is 14.7. The smallest absolute Gasteiger partial charge is 0.305 e. The van der Waals surface area contributed by atoms with Gasteiger partial charge in [-0.15, -0.1) is 0 Å². The summed E-state index contributed by atoms with van der Waals surface area (Å²) in [5.41, 5.74) is 3.10. The first-order valence-corrected chi connectivity index (χ1v) is 7.70. The molecule has 1 aromatic carbocycles. The van der Waals surface area contributed by atoms with Gasteiger partial charge in [-0.1, -0.05) is 25.2 Å². The summed E-state index contributed by atoms with van der Waals surface area (Å²) in [6.07, 6.45) is 2.04. The maximum atomic E-state index is 11.7. The Morgan fingerprint density at radius 1 is 1.35 bits per heavy atom. The summed E-state index contributed by atoms with van der Waals surface area (Å²) in [7, 11) is 1.67. The normalized spacial score (nSPS) is 11.1. The summed E-state index contributed by atoms with van der Waals surface area (Å²) in [4.78, 5) is 15.8. The lowest BCUT2D eigenvalue weighted by molar-refractivity contribution is 0.412. The molecule has 0 radical (unpaired) electrons. The molecular formula is C16H21NO2S. The van der Waals surface area contributed by atoms with Crippen molar-refractivity contribution in [2.45, 2.75) is 33.6 Å². The number of aromatic amines is 1. The minimum atomic E-state index is 0.0206. The average Bonchev–Trinajstić information content (AvgIpc) is 2.77. The van der Waals surface area contributed by atoms with Crippen molar-refractivity contribution >= 4 is 11.3 Å². The van der Waals surface area contributed by atoms with Crippen molar-refractivity contribution in [1.82, 2.24) is 4.98 Å². The van der Waals surface area contributed by atoms with E-state index >= 15 is 0 Å². The molecule has 0 unspecified atom stereocenters. The van der Waals surface area contributed by atoms with E-state index in [9.17, 15) is 4.79 Å². The number of aryl methyl sites for hydroxylation is 2. The van der Waals surface area contributed by atoms with E-state index in [4.69, 9.17) is 4.74 Å². The van der Waals surface area contributed by atoms with E-state index in [-0.39, 0.29) is 4.87 Å². The molecule has 1 aromatic heterocycles. The maximum absolute atomic E-state index is 11.7. The molecule has 108 valence electrons. The number of thiazole rings is 1. The van der Waals surface area contributed by atoms with E-state index in [1.165, 1.54) is 11.3 Å². The molecule has 3 nitrogen and oxygen atoms in total. The summed E-state index contributed by atoms with van der Waals surface area (Å²) >= 11 is 1.32. The lowest BCUT2D eigenvalue weighted by Crippen LogP contribution is -1.95. The van der Waals surface area contributed by atoms with Crippen molar-refractivity contribution in [3.8, 4) is 17.0 Å². The summed E-state index contributed by atoms with van der Waals surface area (Å²) < 4.78 is 5.28. The number of hydrogen-bond acceptors (Lipinski definition) is 3. The third-order valence-corrected chi connectivity index (χ3v) is 4.30. The van der Waals surface area contributed by atoms with Gasteiger partial charge in [0, 0.05) is 4.88 Å². The first kappa shape index (κ1) is 14.9. The number of nitrogens with one attached hydrogen (secondary N) is 1. The van der Waals surface area contributed by atoms with Gasteiger partial charge in [0.05, 0.1) is 12.8 Å². The van der Waals surface area contributed by atoms with Crippen LogP contribution >= 0.6 is 11.3 Å². The molecule has 0 aliphatic heterocycles. The van der Waals surface area contributed by atoms with E-state index in [2.05, 4.69) is 24.9 Å². The molecule has 20 heavy (non-hydrogen) atoms. The van der Waals surface area contributed by atoms with Gasteiger partial charge in [-0.05, 0) is 55.0 Å². The Morgan fingerprint density at radius 3 is 2.70 bits per heavy atom. The zero-order valence-corrected chi connectivity index (χ0v) is 13.3. The third kappa shape index (κ3) is 3.31. The molecule has 4 heteroatoms. The van der Waals surface area contributed by atoms with E-state index in [0.29, 0.717) is 5.92 Å². The van der Waals surface area contributed by atoms with Gasteiger partial charge in [0.1, 0.15) is 5.75 Å². The highest BCUT2D eigenvalue weighted by molar-refractivity contribution is 7.09. The molecule has 0 aliphatic rings. The Balaban J connectivity index is 2.36. The van der Waals surface area contributed by atoms with Crippen LogP contribution in [0.4, 0.5) is 0 Å². The highest BCUT2D eigenvalue weighted by Crippen LogP contribution is 2.29. The molecular weight excluding hydrogens is 270 g/mol. The fourth-order valence-corrected chi connectivity index (χ4v) is 3.09. The van der Waals surface area contributed by atoms with Crippen LogP contribution in [-0.2, 0) is 6.42 Å². The van der Waals surface area contributed by atoms with E-state index in [1.54, 1.807) is 7.11 Å². The largest absolute Gasteiger partial charge is 0.496 e. The summed E-state index contributed by atoms with van der Waals surface area (Å²) in [5.74, 6) is 1.51. The second-order valence-electron chi connectivity index (χ2n) is 5.43. The van der Waals surface area contributed by atoms with E-state index < -0.39 is 0 Å². The molecule has 0 aliphatic carbocycles. The lowest BCUT2D eigenvalue weighted by atomic mass is 10.0. The van der Waals surface area contributed by atoms with Crippen LogP contribution in [0.3, 0.4) is 0 Å². The molecule has 2 rings (SSSR count). The molecule has 1 N–H and O–H groups in total. The summed E-state index contributed by atoms with van der Waals surface area (Å²) in [6.45, 7) is 6.42. The lowest BCUT2D eigenvalue weighted by Gasteiger charge is -2.08. The van der Waals surface area contributed by atoms with Crippen LogP contribution in [0, 0.1) is 12.8 Å². The zero-order valence-electron chi connectivity index (χ0n) is 12.4. The Hall–Kier alpha value is -1.55. The first-order valence-electron chi connectivity index (χ1n) is 6.88. The van der Waals surface area contributed by atoms with Gasteiger partial charge in [-0.25, -0.2) is 0 Å². The van der Waals surface area contributed by atoms with Crippen LogP contribution in [-0.4, -0.2) is 12.1 Å². The van der Waals surface area contributed by atoms with Crippen LogP contribution in [0.1, 0.15) is 30.7 Å². The van der Waals surface area contributed by atoms with Gasteiger partial charge in [0.2, 0.25) is 0 Å². The molecule has 0 saturated heterocycles. The van der Waals surface area contributed by atoms with Gasteiger partial charge >= 0.3 is 4.87 Å². The molecule has 0 spiro atoms. The highest BCUT2D eigenvalue weighted by Gasteiger charge is 2.12. The Morgan fingerprint density at radius 2 is 2.10 bits per heavy atom. The van der Waals surface area contributed by atoms with Crippen LogP contribution in [0.15, 0.2) is 23.0 Å². The van der Waals surface area contributed by atoms with Gasteiger partial charge in [0.15, 0.2) is 0 Å². The van der Waals surface area contributed by atoms with Crippen molar-refractivity contribution in [1.29, 1.82) is 0 Å². The molecule has 0 saturated carbocycles. The fraction of sp³-hybridized carbons (Fsp3) is 0.438. The van der Waals surface area contributed by atoms with Crippen molar-refractivity contribution in [2.75, 3.05) is 7.11 Å². The predicted octanol–water partition coefficient (Wildman–Crippen LogP) is 4.01. The molecule has 0 fully saturated rings. The van der Waals surface area contributed by atoms with Crippen LogP contribution in [0.2, 0.25) is 0 Å². The Bertz CT molecular complexity index is 640. The Kier molecular flexibility index (Phi) is 4.65. The van der Waals surface area contributed by atoms with Crippen molar-refractivity contribution < 1.29 is 4.74 Å². The minimum absolute atomic E-state index is 0.0206. The third-order valence-electron chi connectivity index (χ3n) is 3.35. The van der Waals surface area contributed by atoms with Gasteiger partial charge < -0.3 is 9.72 Å². The van der Waals surface area contributed by atoms with Crippen molar-refractivity contribution in [2.24, 2.45) is 5.92 Å². The topological polar surface area (TPSA) is 42.1 Å². The number of hydrogen-bond donors (Lipinski definition) is 1. The maximum Gasteiger partial charge on any atom is 0.305 e. The standard InChI is InChI=1S/C16H21NO2S/c1-10(2)5-8-14-15(17-16(18)20-14)12-6-7-13(19-4)11(3)9-12/h6-7,9-10H,5,8H2,1-4H3,(H,17,18). The minimum Gasteiger partial charge on any atom is -0.496 e. The number of rotatable bonds is 5. The van der Waals surface area contributed by atoms with Gasteiger partial charge in [0.25, 0.3) is 0 Å². The number of H-pyrrole nitrogens is 1. The predicted molar refractivity (Wildman–Crippen MR) is 84.8 cm³/mol. The summed E-state index contributed by atoms with van der Waals surface area (Å²) in [5, 5.41) is 0. The molecule has 0 bridgehead atoms. The highest BCUT2D eigenvalue weighted by atomic mass is 32.1. The van der Waals surface area contributed by atoms with Gasteiger partial charge in [-0.2, -0.15) is 0 Å². The first-order chi connectivity index (χ1) is 9.51. The van der Waals surface area contributed by atoms with Crippen LogP contribution < -0.4 is 9.61 Å². The quantitative estimate of drug-likeness (QED) is 0.904. The molecule has 0 atom stereocenters. The average molecular weight is 291 g/mol. The SMILES string of the molecule is COc1ccc(-c2[nH]c(=O)sc2CCC(C)C)cc1C. The number of ether oxygens (including phenoxy) is 1. The van der Waals surface area contributed by atoms with Crippen LogP contribution in [0.5, 0.6) is 5.75 Å². The summed E-state index contributed by atoms with van der Waals surface area (Å²) in [6, 6.07) is 6.02.